The van der Waals surface area contributed by atoms with Crippen LogP contribution in [0.3, 0.4) is 0 Å². The van der Waals surface area contributed by atoms with Gasteiger partial charge in [0.25, 0.3) is 0 Å². The molecule has 0 aliphatic carbocycles. The maximum absolute atomic E-state index is 12.5. The average molecular weight is 534 g/mol. The Hall–Kier alpha value is -4.11. The summed E-state index contributed by atoms with van der Waals surface area (Å²) < 4.78 is 13.4. The third-order valence-corrected chi connectivity index (χ3v) is 6.32. The van der Waals surface area contributed by atoms with Crippen molar-refractivity contribution in [3.63, 3.8) is 0 Å². The normalized spacial score (nSPS) is 13.3. The zero-order valence-corrected chi connectivity index (χ0v) is 19.9. The molecule has 9 heteroatoms. The largest absolute Gasteiger partial charge is 0.481 e. The zero-order chi connectivity index (χ0) is 24.4. The van der Waals surface area contributed by atoms with Crippen LogP contribution in [0.2, 0.25) is 0 Å². The number of benzene rings is 3. The predicted molar refractivity (Wildman–Crippen MR) is 134 cm³/mol. The Morgan fingerprint density at radius 2 is 1.89 bits per heavy atom. The topological polar surface area (TPSA) is 103 Å². The van der Waals surface area contributed by atoms with E-state index >= 15 is 0 Å². The van der Waals surface area contributed by atoms with Gasteiger partial charge in [0.1, 0.15) is 0 Å². The minimum absolute atomic E-state index is 0.0752. The molecule has 1 aromatic heterocycles. The fourth-order valence-corrected chi connectivity index (χ4v) is 4.44. The lowest BCUT2D eigenvalue weighted by atomic mass is 10.0. The first-order valence-corrected chi connectivity index (χ1v) is 11.6. The highest BCUT2D eigenvalue weighted by Crippen LogP contribution is 2.37. The summed E-state index contributed by atoms with van der Waals surface area (Å²) in [4.78, 5) is 28.5. The number of nitrogens with zero attached hydrogens (tertiary/aromatic N) is 2. The number of hydrogen-bond donors (Lipinski definition) is 2. The fraction of sp³-hybridized carbons (Fsp3) is 0.115. The Labute approximate surface area is 208 Å². The van der Waals surface area contributed by atoms with Crippen molar-refractivity contribution in [1.29, 1.82) is 0 Å². The van der Waals surface area contributed by atoms with E-state index in [-0.39, 0.29) is 19.1 Å². The van der Waals surface area contributed by atoms with Crippen LogP contribution in [-0.4, -0.2) is 33.3 Å². The number of halogens is 1. The van der Waals surface area contributed by atoms with Gasteiger partial charge in [-0.05, 0) is 47.5 Å². The van der Waals surface area contributed by atoms with Gasteiger partial charge >= 0.3 is 5.97 Å². The molecule has 0 radical (unpaired) electrons. The standard InChI is InChI=1S/C26H20BrN3O5/c27-19-12-24-23(34-15-35-24)10-17(19)6-9-25(31)29-18-7-8-21-20(11-18)28-14-30(21)22(13-26(32)33)16-4-2-1-3-5-16/h1-12,14,22H,13,15H2,(H,29,31)(H,32,33). The van der Waals surface area contributed by atoms with Crippen molar-refractivity contribution < 1.29 is 24.2 Å². The predicted octanol–water partition coefficient (Wildman–Crippen LogP) is 5.24. The average Bonchev–Trinajstić information content (AvgIpc) is 3.47. The zero-order valence-electron chi connectivity index (χ0n) is 18.3. The molecule has 4 aromatic rings. The second kappa shape index (κ2) is 9.63. The molecule has 1 amide bonds. The number of carboxylic acid groups (broad SMARTS) is 1. The number of aromatic nitrogens is 2. The van der Waals surface area contributed by atoms with Gasteiger partial charge in [0.15, 0.2) is 11.5 Å². The minimum Gasteiger partial charge on any atom is -0.481 e. The van der Waals surface area contributed by atoms with E-state index < -0.39 is 12.0 Å². The Morgan fingerprint density at radius 1 is 1.11 bits per heavy atom. The molecule has 3 aromatic carbocycles. The molecule has 1 unspecified atom stereocenters. The van der Waals surface area contributed by atoms with Gasteiger partial charge in [-0.25, -0.2) is 4.98 Å². The van der Waals surface area contributed by atoms with Crippen LogP contribution < -0.4 is 14.8 Å². The second-order valence-electron chi connectivity index (χ2n) is 7.93. The number of carbonyl (C=O) groups is 2. The van der Waals surface area contributed by atoms with Gasteiger partial charge in [-0.3, -0.25) is 9.59 Å². The lowest BCUT2D eigenvalue weighted by molar-refractivity contribution is -0.137. The summed E-state index contributed by atoms with van der Waals surface area (Å²) >= 11 is 3.47. The molecule has 1 aliphatic rings. The van der Waals surface area contributed by atoms with Gasteiger partial charge in [0, 0.05) is 16.2 Å². The number of hydrogen-bond acceptors (Lipinski definition) is 5. The lowest BCUT2D eigenvalue weighted by Crippen LogP contribution is -2.14. The first kappa shape index (κ1) is 22.7. The van der Waals surface area contributed by atoms with Crippen LogP contribution >= 0.6 is 15.9 Å². The summed E-state index contributed by atoms with van der Waals surface area (Å²) in [6.45, 7) is 0.177. The van der Waals surface area contributed by atoms with Crippen LogP contribution in [0.1, 0.15) is 23.6 Å². The van der Waals surface area contributed by atoms with Gasteiger partial charge in [0.05, 0.1) is 29.8 Å². The maximum atomic E-state index is 12.5. The second-order valence-corrected chi connectivity index (χ2v) is 8.78. The van der Waals surface area contributed by atoms with Crippen molar-refractivity contribution in [1.82, 2.24) is 9.55 Å². The summed E-state index contributed by atoms with van der Waals surface area (Å²) in [6.07, 6.45) is 4.68. The molecule has 8 nitrogen and oxygen atoms in total. The molecule has 0 bridgehead atoms. The molecular weight excluding hydrogens is 514 g/mol. The van der Waals surface area contributed by atoms with E-state index in [0.717, 1.165) is 21.1 Å². The van der Waals surface area contributed by atoms with Crippen molar-refractivity contribution in [3.8, 4) is 11.5 Å². The summed E-state index contributed by atoms with van der Waals surface area (Å²) in [5, 5.41) is 12.3. The summed E-state index contributed by atoms with van der Waals surface area (Å²) in [6, 6.07) is 18.0. The van der Waals surface area contributed by atoms with E-state index in [1.807, 2.05) is 41.0 Å². The van der Waals surface area contributed by atoms with Gasteiger partial charge in [0.2, 0.25) is 12.7 Å². The number of imidazole rings is 1. The van der Waals surface area contributed by atoms with Crippen LogP contribution in [0, 0.1) is 0 Å². The fourth-order valence-electron chi connectivity index (χ4n) is 3.99. The summed E-state index contributed by atoms with van der Waals surface area (Å²) in [5.41, 5.74) is 3.67. The van der Waals surface area contributed by atoms with Crippen LogP contribution in [0.5, 0.6) is 11.5 Å². The van der Waals surface area contributed by atoms with Gasteiger partial charge < -0.3 is 24.5 Å². The van der Waals surface area contributed by atoms with E-state index in [1.54, 1.807) is 36.7 Å². The molecule has 1 aliphatic heterocycles. The third kappa shape index (κ3) is 4.90. The maximum Gasteiger partial charge on any atom is 0.305 e. The molecule has 176 valence electrons. The molecule has 2 heterocycles. The number of fused-ring (bicyclic) bond motifs is 2. The van der Waals surface area contributed by atoms with Crippen LogP contribution in [-0.2, 0) is 9.59 Å². The van der Waals surface area contributed by atoms with E-state index in [9.17, 15) is 14.7 Å². The summed E-state index contributed by atoms with van der Waals surface area (Å²) in [7, 11) is 0. The van der Waals surface area contributed by atoms with Crippen LogP contribution in [0.25, 0.3) is 17.1 Å². The number of carbonyl (C=O) groups excluding carboxylic acids is 1. The van der Waals surface area contributed by atoms with Crippen LogP contribution in [0.4, 0.5) is 5.69 Å². The first-order valence-electron chi connectivity index (χ1n) is 10.8. The Bertz CT molecular complexity index is 1450. The number of ether oxygens (including phenoxy) is 2. The molecule has 1 atom stereocenters. The first-order chi connectivity index (χ1) is 17.0. The van der Waals surface area contributed by atoms with Crippen molar-refractivity contribution >= 4 is 50.6 Å². The Morgan fingerprint density at radius 3 is 2.66 bits per heavy atom. The molecule has 35 heavy (non-hydrogen) atoms. The highest BCUT2D eigenvalue weighted by atomic mass is 79.9. The van der Waals surface area contributed by atoms with Crippen molar-refractivity contribution in [2.24, 2.45) is 0 Å². The molecule has 0 saturated carbocycles. The number of rotatable bonds is 7. The lowest BCUT2D eigenvalue weighted by Gasteiger charge is -2.18. The number of carboxylic acids is 1. The molecule has 0 fully saturated rings. The molecule has 0 spiro atoms. The SMILES string of the molecule is O=C(O)CC(c1ccccc1)n1cnc2cc(NC(=O)C=Cc3cc4c(cc3Br)OCO4)ccc21. The van der Waals surface area contributed by atoms with E-state index in [2.05, 4.69) is 26.2 Å². The monoisotopic (exact) mass is 533 g/mol. The highest BCUT2D eigenvalue weighted by Gasteiger charge is 2.20. The minimum atomic E-state index is -0.898. The van der Waals surface area contributed by atoms with E-state index in [0.29, 0.717) is 22.7 Å². The number of amides is 1. The van der Waals surface area contributed by atoms with Crippen molar-refractivity contribution in [2.75, 3.05) is 12.1 Å². The number of anilines is 1. The Kier molecular flexibility index (Phi) is 6.24. The van der Waals surface area contributed by atoms with Gasteiger partial charge in [-0.1, -0.05) is 46.3 Å². The van der Waals surface area contributed by atoms with Crippen molar-refractivity contribution in [2.45, 2.75) is 12.5 Å². The molecule has 5 rings (SSSR count). The van der Waals surface area contributed by atoms with Gasteiger partial charge in [-0.15, -0.1) is 0 Å². The van der Waals surface area contributed by atoms with E-state index in [4.69, 9.17) is 9.47 Å². The molecular formula is C26H20BrN3O5. The van der Waals surface area contributed by atoms with Gasteiger partial charge in [-0.2, -0.15) is 0 Å². The quantitative estimate of drug-likeness (QED) is 0.315. The number of nitrogens with one attached hydrogen (secondary N) is 1. The Balaban J connectivity index is 1.35. The van der Waals surface area contributed by atoms with E-state index in [1.165, 1.54) is 6.08 Å². The molecule has 0 saturated heterocycles. The molecule has 2 N–H and O–H groups in total. The smallest absolute Gasteiger partial charge is 0.305 e. The third-order valence-electron chi connectivity index (χ3n) is 5.64. The highest BCUT2D eigenvalue weighted by molar-refractivity contribution is 9.10. The van der Waals surface area contributed by atoms with Crippen molar-refractivity contribution in [3.05, 3.63) is 88.7 Å². The van der Waals surface area contributed by atoms with Crippen LogP contribution in [0.15, 0.2) is 77.5 Å². The summed E-state index contributed by atoms with van der Waals surface area (Å²) in [5.74, 6) is 0.0851. The number of aliphatic carboxylic acids is 1.